The van der Waals surface area contributed by atoms with Gasteiger partial charge < -0.3 is 26.4 Å². The highest BCUT2D eigenvalue weighted by Crippen LogP contribution is 2.36. The number of hydrazone groups is 1. The number of guanidine groups is 1. The van der Waals surface area contributed by atoms with Crippen LogP contribution in [0.4, 0.5) is 17.2 Å². The lowest BCUT2D eigenvalue weighted by Crippen LogP contribution is -2.57. The molecule has 4 atom stereocenters. The van der Waals surface area contributed by atoms with Crippen molar-refractivity contribution in [1.82, 2.24) is 25.2 Å². The highest BCUT2D eigenvalue weighted by molar-refractivity contribution is 6.07. The van der Waals surface area contributed by atoms with E-state index in [9.17, 15) is 4.79 Å². The highest BCUT2D eigenvalue weighted by atomic mass is 16.1. The minimum atomic E-state index is -0.399. The number of rotatable bonds is 4. The Kier molecular flexibility index (Phi) is 7.10. The monoisotopic (exact) mass is 533 g/mol. The fourth-order valence-corrected chi connectivity index (χ4v) is 5.69. The third kappa shape index (κ3) is 4.75. The first-order chi connectivity index (χ1) is 18.6. The fourth-order valence-electron chi connectivity index (χ4n) is 5.69. The van der Waals surface area contributed by atoms with Gasteiger partial charge in [0.25, 0.3) is 5.91 Å². The Labute approximate surface area is 229 Å². The van der Waals surface area contributed by atoms with E-state index < -0.39 is 6.04 Å². The van der Waals surface area contributed by atoms with Gasteiger partial charge in [-0.25, -0.2) is 16.3 Å². The number of fused-ring (bicyclic) bond motifs is 1. The standard InChI is InChI=1S/C27H39N11O/c1-15-13-37(14-16(2)35(15)5)23-11-19(9-10-30-23)25-21-12-20(7-8-22(21)33-34-25)31-26(39)24-17(3)36(6)27(32-28)38(29)18(24)4/h7-12,15-16,18,25,33-34H,13-14,28-29H2,1-6H3,(H,31,39)/b32-27-. The molecule has 208 valence electrons. The number of nitrogens with zero attached hydrogens (tertiary/aromatic N) is 6. The van der Waals surface area contributed by atoms with Crippen LogP contribution in [0.25, 0.3) is 0 Å². The normalized spacial score (nSPS) is 26.6. The Morgan fingerprint density at radius 1 is 1.13 bits per heavy atom. The van der Waals surface area contributed by atoms with Crippen molar-refractivity contribution in [3.05, 3.63) is 58.9 Å². The van der Waals surface area contributed by atoms with Gasteiger partial charge in [-0.05, 0) is 70.6 Å². The van der Waals surface area contributed by atoms with E-state index in [1.165, 1.54) is 5.01 Å². The van der Waals surface area contributed by atoms with E-state index in [0.29, 0.717) is 29.3 Å². The van der Waals surface area contributed by atoms with Gasteiger partial charge in [0.15, 0.2) is 0 Å². The molecule has 0 radical (unpaired) electrons. The molecule has 1 fully saturated rings. The van der Waals surface area contributed by atoms with Crippen LogP contribution in [0.5, 0.6) is 0 Å². The van der Waals surface area contributed by atoms with Crippen LogP contribution in [-0.4, -0.2) is 77.0 Å². The summed E-state index contributed by atoms with van der Waals surface area (Å²) in [6.07, 6.45) is 1.87. The first-order valence-corrected chi connectivity index (χ1v) is 13.3. The molecule has 0 bridgehead atoms. The molecule has 12 heteroatoms. The second-order valence-corrected chi connectivity index (χ2v) is 10.7. The Morgan fingerprint density at radius 2 is 1.85 bits per heavy atom. The number of likely N-dealkylation sites (N-methyl/N-ethyl adjacent to an activating group) is 1. The van der Waals surface area contributed by atoms with Gasteiger partial charge in [-0.15, -0.1) is 5.10 Å². The number of nitrogens with two attached hydrogens (primary N) is 2. The lowest BCUT2D eigenvalue weighted by molar-refractivity contribution is -0.113. The molecule has 39 heavy (non-hydrogen) atoms. The number of nitrogens with one attached hydrogen (secondary N) is 3. The SMILES string of the molecule is CC1=C(C(=O)Nc2ccc3c(c2)C(c2ccnc(N4CC(C)N(C)C(C)C4)c2)NN3)C(C)N(N)/C(=N\N)N1C. The largest absolute Gasteiger partial charge is 0.353 e. The average molecular weight is 534 g/mol. The molecule has 0 spiro atoms. The first-order valence-electron chi connectivity index (χ1n) is 13.3. The van der Waals surface area contributed by atoms with Gasteiger partial charge in [-0.3, -0.25) is 14.7 Å². The number of piperazine rings is 1. The Balaban J connectivity index is 1.38. The van der Waals surface area contributed by atoms with Gasteiger partial charge in [-0.2, -0.15) is 0 Å². The predicted octanol–water partition coefficient (Wildman–Crippen LogP) is 1.58. The number of benzene rings is 1. The molecule has 1 amide bonds. The maximum Gasteiger partial charge on any atom is 0.255 e. The van der Waals surface area contributed by atoms with Gasteiger partial charge in [-0.1, -0.05) is 0 Å². The number of hydrogen-bond acceptors (Lipinski definition) is 9. The van der Waals surface area contributed by atoms with Crippen LogP contribution in [-0.2, 0) is 4.79 Å². The third-order valence-electron chi connectivity index (χ3n) is 8.38. The minimum absolute atomic E-state index is 0.0931. The molecular weight excluding hydrogens is 494 g/mol. The van der Waals surface area contributed by atoms with Gasteiger partial charge in [0.1, 0.15) is 5.82 Å². The van der Waals surface area contributed by atoms with E-state index in [2.05, 4.69) is 58.0 Å². The zero-order valence-electron chi connectivity index (χ0n) is 23.4. The molecule has 7 N–H and O–H groups in total. The van der Waals surface area contributed by atoms with Gasteiger partial charge in [0.05, 0.1) is 23.3 Å². The van der Waals surface area contributed by atoms with Crippen molar-refractivity contribution in [2.45, 2.75) is 51.9 Å². The number of carbonyl (C=O) groups excluding carboxylic acids is 1. The van der Waals surface area contributed by atoms with Crippen LogP contribution >= 0.6 is 0 Å². The maximum atomic E-state index is 13.4. The zero-order valence-corrected chi connectivity index (χ0v) is 23.4. The summed E-state index contributed by atoms with van der Waals surface area (Å²) in [6.45, 7) is 10.1. The Bertz CT molecular complexity index is 1310. The predicted molar refractivity (Wildman–Crippen MR) is 154 cm³/mol. The second-order valence-electron chi connectivity index (χ2n) is 10.7. The fraction of sp³-hybridized carbons (Fsp3) is 0.444. The summed E-state index contributed by atoms with van der Waals surface area (Å²) in [5.41, 5.74) is 11.8. The van der Waals surface area contributed by atoms with Crippen LogP contribution in [0.1, 0.15) is 44.9 Å². The van der Waals surface area contributed by atoms with E-state index in [4.69, 9.17) is 16.7 Å². The van der Waals surface area contributed by atoms with Gasteiger partial charge in [0.2, 0.25) is 5.96 Å². The molecule has 1 saturated heterocycles. The average Bonchev–Trinajstić information content (AvgIpc) is 3.34. The summed E-state index contributed by atoms with van der Waals surface area (Å²) in [7, 11) is 3.96. The summed E-state index contributed by atoms with van der Waals surface area (Å²) in [5.74, 6) is 12.9. The summed E-state index contributed by atoms with van der Waals surface area (Å²) < 4.78 is 0. The number of hydrazine groups is 2. The molecule has 2 aromatic rings. The van der Waals surface area contributed by atoms with Crippen LogP contribution in [0.3, 0.4) is 0 Å². The van der Waals surface area contributed by atoms with Crippen molar-refractivity contribution in [1.29, 1.82) is 0 Å². The molecule has 3 aliphatic heterocycles. The number of hydrogen-bond donors (Lipinski definition) is 5. The summed E-state index contributed by atoms with van der Waals surface area (Å²) >= 11 is 0. The number of allylic oxidation sites excluding steroid dienone is 1. The van der Waals surface area contributed by atoms with Crippen LogP contribution in [0.2, 0.25) is 0 Å². The molecule has 1 aromatic heterocycles. The number of anilines is 3. The molecule has 0 saturated carbocycles. The molecule has 4 heterocycles. The molecule has 1 aromatic carbocycles. The number of pyridine rings is 1. The van der Waals surface area contributed by atoms with Gasteiger partial charge in [0, 0.05) is 55.4 Å². The van der Waals surface area contributed by atoms with E-state index in [1.807, 2.05) is 44.3 Å². The molecule has 3 aliphatic rings. The quantitative estimate of drug-likeness (QED) is 0.290. The van der Waals surface area contributed by atoms with E-state index in [0.717, 1.165) is 41.4 Å². The lowest BCUT2D eigenvalue weighted by atomic mass is 9.98. The third-order valence-corrected chi connectivity index (χ3v) is 8.38. The van der Waals surface area contributed by atoms with Gasteiger partial charge >= 0.3 is 0 Å². The molecular formula is C27H39N11O. The first kappa shape index (κ1) is 26.7. The van der Waals surface area contributed by atoms with Crippen molar-refractivity contribution in [2.24, 2.45) is 16.8 Å². The van der Waals surface area contributed by atoms with Crippen molar-refractivity contribution in [3.63, 3.8) is 0 Å². The number of aromatic nitrogens is 1. The molecule has 5 rings (SSSR count). The van der Waals surface area contributed by atoms with E-state index in [-0.39, 0.29) is 11.9 Å². The van der Waals surface area contributed by atoms with Crippen molar-refractivity contribution >= 4 is 29.1 Å². The van der Waals surface area contributed by atoms with Crippen molar-refractivity contribution in [3.8, 4) is 0 Å². The topological polar surface area (TPSA) is 143 Å². The smallest absolute Gasteiger partial charge is 0.255 e. The Morgan fingerprint density at radius 3 is 2.54 bits per heavy atom. The van der Waals surface area contributed by atoms with Crippen molar-refractivity contribution in [2.75, 3.05) is 42.8 Å². The van der Waals surface area contributed by atoms with E-state index in [1.54, 1.807) is 11.9 Å². The molecule has 0 aliphatic carbocycles. The summed E-state index contributed by atoms with van der Waals surface area (Å²) in [4.78, 5) is 24.6. The second kappa shape index (κ2) is 10.4. The zero-order chi connectivity index (χ0) is 28.0. The van der Waals surface area contributed by atoms with E-state index >= 15 is 0 Å². The number of amides is 1. The summed E-state index contributed by atoms with van der Waals surface area (Å²) in [6, 6.07) is 10.5. The minimum Gasteiger partial charge on any atom is -0.353 e. The molecule has 4 unspecified atom stereocenters. The lowest BCUT2D eigenvalue weighted by Gasteiger charge is -2.43. The molecule has 12 nitrogen and oxygen atoms in total. The Hall–Kier alpha value is -3.87. The maximum absolute atomic E-state index is 13.4. The van der Waals surface area contributed by atoms with Crippen molar-refractivity contribution < 1.29 is 4.79 Å². The highest BCUT2D eigenvalue weighted by Gasteiger charge is 2.35. The number of carbonyl (C=O) groups is 1. The van der Waals surface area contributed by atoms with Crippen LogP contribution < -0.4 is 32.8 Å². The van der Waals surface area contributed by atoms with Crippen LogP contribution in [0.15, 0.2) is 52.9 Å². The van der Waals surface area contributed by atoms with Crippen LogP contribution in [0, 0.1) is 0 Å². The summed E-state index contributed by atoms with van der Waals surface area (Å²) in [5, 5.41) is 8.23.